The molecule has 0 amide bonds. The van der Waals surface area contributed by atoms with Gasteiger partial charge in [0.05, 0.1) is 22.8 Å². The van der Waals surface area contributed by atoms with E-state index < -0.39 is 0 Å². The number of hydrogen-bond acceptors (Lipinski definition) is 3. The summed E-state index contributed by atoms with van der Waals surface area (Å²) in [6, 6.07) is 4.89. The largest absolute Gasteiger partial charge is 0.355 e. The van der Waals surface area contributed by atoms with Crippen LogP contribution in [0, 0.1) is 0 Å². The number of H-pyrrole nitrogens is 1. The van der Waals surface area contributed by atoms with E-state index in [1.54, 1.807) is 0 Å². The van der Waals surface area contributed by atoms with Crippen molar-refractivity contribution in [2.45, 2.75) is 24.9 Å². The van der Waals surface area contributed by atoms with E-state index >= 15 is 0 Å². The summed E-state index contributed by atoms with van der Waals surface area (Å²) in [4.78, 5) is 12.8. The Kier molecular flexibility index (Phi) is 3.10. The maximum atomic E-state index is 4.70. The maximum absolute atomic E-state index is 4.70. The third kappa shape index (κ3) is 2.65. The summed E-state index contributed by atoms with van der Waals surface area (Å²) in [6.45, 7) is 0. The Hall–Kier alpha value is -2.72. The van der Waals surface area contributed by atoms with Gasteiger partial charge in [0.25, 0.3) is 0 Å². The molecule has 1 aromatic rings. The quantitative estimate of drug-likeness (QED) is 0.749. The van der Waals surface area contributed by atoms with Crippen molar-refractivity contribution in [3.8, 4) is 0 Å². The van der Waals surface area contributed by atoms with Gasteiger partial charge in [0.15, 0.2) is 0 Å². The molecule has 1 fully saturated rings. The van der Waals surface area contributed by atoms with Crippen molar-refractivity contribution in [2.24, 2.45) is 9.98 Å². The molecular formula is C20H18N4. The molecule has 4 aliphatic rings. The van der Waals surface area contributed by atoms with Crippen LogP contribution in [0.25, 0.3) is 12.2 Å². The highest BCUT2D eigenvalue weighted by molar-refractivity contribution is 6.20. The predicted octanol–water partition coefficient (Wildman–Crippen LogP) is 1.50. The summed E-state index contributed by atoms with van der Waals surface area (Å²) in [5.41, 5.74) is 4.05. The summed E-state index contributed by atoms with van der Waals surface area (Å²) in [7, 11) is 0. The minimum Gasteiger partial charge on any atom is -0.355 e. The van der Waals surface area contributed by atoms with Crippen LogP contribution < -0.4 is 16.0 Å². The molecule has 4 nitrogen and oxygen atoms in total. The van der Waals surface area contributed by atoms with Crippen LogP contribution in [0.4, 0.5) is 0 Å². The summed E-state index contributed by atoms with van der Waals surface area (Å²) < 4.78 is 0. The molecule has 24 heavy (non-hydrogen) atoms. The van der Waals surface area contributed by atoms with Gasteiger partial charge in [-0.2, -0.15) is 0 Å². The van der Waals surface area contributed by atoms with Gasteiger partial charge in [-0.3, -0.25) is 0 Å². The van der Waals surface area contributed by atoms with Crippen molar-refractivity contribution >= 4 is 23.6 Å². The third-order valence-electron chi connectivity index (χ3n) is 4.66. The average molecular weight is 314 g/mol. The van der Waals surface area contributed by atoms with Gasteiger partial charge in [0.2, 0.25) is 0 Å². The monoisotopic (exact) mass is 314 g/mol. The lowest BCUT2D eigenvalue weighted by Crippen LogP contribution is -2.26. The Labute approximate surface area is 140 Å². The lowest BCUT2D eigenvalue weighted by atomic mass is 10.1. The van der Waals surface area contributed by atoms with Crippen LogP contribution >= 0.6 is 0 Å². The zero-order chi connectivity index (χ0) is 15.9. The normalized spacial score (nSPS) is 34.3. The van der Waals surface area contributed by atoms with Gasteiger partial charge in [-0.25, -0.2) is 9.98 Å². The lowest BCUT2D eigenvalue weighted by Gasteiger charge is -2.08. The highest BCUT2D eigenvalue weighted by Gasteiger charge is 2.22. The summed E-state index contributed by atoms with van der Waals surface area (Å²) >= 11 is 0. The van der Waals surface area contributed by atoms with Crippen molar-refractivity contribution in [2.75, 3.05) is 0 Å². The second-order valence-electron chi connectivity index (χ2n) is 6.54. The summed E-state index contributed by atoms with van der Waals surface area (Å²) in [6.07, 6.45) is 19.2. The van der Waals surface area contributed by atoms with E-state index in [0.717, 1.165) is 46.4 Å². The number of aliphatic imine (C=N–C) groups is 2. The van der Waals surface area contributed by atoms with Gasteiger partial charge >= 0.3 is 0 Å². The molecule has 2 unspecified atom stereocenters. The van der Waals surface area contributed by atoms with E-state index in [9.17, 15) is 0 Å². The van der Waals surface area contributed by atoms with Gasteiger partial charge < -0.3 is 10.3 Å². The number of rotatable bonds is 0. The van der Waals surface area contributed by atoms with Crippen LogP contribution in [0.3, 0.4) is 0 Å². The molecule has 4 aliphatic heterocycles. The first-order valence-corrected chi connectivity index (χ1v) is 8.42. The zero-order valence-electron chi connectivity index (χ0n) is 13.2. The average Bonchev–Trinajstić information content (AvgIpc) is 3.32. The minimum absolute atomic E-state index is 0.375. The first-order valence-electron chi connectivity index (χ1n) is 8.42. The topological polar surface area (TPSA) is 52.5 Å². The van der Waals surface area contributed by atoms with Crippen LogP contribution in [-0.4, -0.2) is 28.5 Å². The van der Waals surface area contributed by atoms with E-state index in [1.807, 2.05) is 0 Å². The van der Waals surface area contributed by atoms with E-state index in [1.165, 1.54) is 0 Å². The Morgan fingerprint density at radius 3 is 1.83 bits per heavy atom. The molecule has 0 aliphatic carbocycles. The van der Waals surface area contributed by atoms with Gasteiger partial charge in [0, 0.05) is 22.8 Å². The highest BCUT2D eigenvalue weighted by Crippen LogP contribution is 2.21. The molecular weight excluding hydrogens is 296 g/mol. The van der Waals surface area contributed by atoms with Crippen molar-refractivity contribution in [1.82, 2.24) is 10.3 Å². The molecule has 5 heterocycles. The lowest BCUT2D eigenvalue weighted by molar-refractivity contribution is 0.666. The number of fused-ring (bicyclic) bond motifs is 6. The second-order valence-corrected chi connectivity index (χ2v) is 6.54. The van der Waals surface area contributed by atoms with Crippen molar-refractivity contribution < 1.29 is 0 Å². The fourth-order valence-corrected chi connectivity index (χ4v) is 3.53. The van der Waals surface area contributed by atoms with Crippen LogP contribution in [0.15, 0.2) is 70.0 Å². The highest BCUT2D eigenvalue weighted by atomic mass is 15.0. The number of allylic oxidation sites excluding steroid dienone is 4. The SMILES string of the molecule is C1=C/C2=C/C3CCC(/C=C4/C=CC(=N4)/C=c4/cc/c([nH]4)=C/C1=N2)N3. The molecule has 0 aromatic carbocycles. The number of nitrogens with zero attached hydrogens (tertiary/aromatic N) is 2. The third-order valence-corrected chi connectivity index (χ3v) is 4.66. The van der Waals surface area contributed by atoms with E-state index in [4.69, 9.17) is 9.98 Å². The molecule has 1 saturated heterocycles. The molecule has 0 radical (unpaired) electrons. The van der Waals surface area contributed by atoms with E-state index in [0.29, 0.717) is 12.1 Å². The molecule has 5 rings (SSSR count). The molecule has 118 valence electrons. The van der Waals surface area contributed by atoms with Crippen molar-refractivity contribution in [1.29, 1.82) is 0 Å². The van der Waals surface area contributed by atoms with Crippen LogP contribution in [0.5, 0.6) is 0 Å². The fourth-order valence-electron chi connectivity index (χ4n) is 3.53. The number of hydrogen-bond donors (Lipinski definition) is 2. The Morgan fingerprint density at radius 2 is 1.29 bits per heavy atom. The van der Waals surface area contributed by atoms with Crippen LogP contribution in [0.1, 0.15) is 12.8 Å². The standard InChI is InChI=1S/C20H18N4/c1-2-14-10-16-5-6-18(23-16)12-20-8-7-19(24-20)11-17-4-3-15(22-17)9-13(1)21-14/h1-6,9-12,19-21,24H,7-8H2/b13-9-,14-10-,17-11-,18-12-. The zero-order valence-corrected chi connectivity index (χ0v) is 13.2. The number of aromatic nitrogens is 1. The number of nitrogens with one attached hydrogen (secondary N) is 2. The molecule has 0 spiro atoms. The second kappa shape index (κ2) is 5.42. The smallest absolute Gasteiger partial charge is 0.0658 e. The maximum Gasteiger partial charge on any atom is 0.0658 e. The summed E-state index contributed by atoms with van der Waals surface area (Å²) in [5.74, 6) is 0. The molecule has 8 bridgehead atoms. The van der Waals surface area contributed by atoms with E-state index in [2.05, 4.69) is 71.0 Å². The Balaban J connectivity index is 1.63. The number of aromatic amines is 1. The minimum atomic E-state index is 0.375. The Morgan fingerprint density at radius 1 is 0.750 bits per heavy atom. The first-order chi connectivity index (χ1) is 11.8. The van der Waals surface area contributed by atoms with Gasteiger partial charge in [-0.15, -0.1) is 0 Å². The molecule has 2 N–H and O–H groups in total. The Bertz CT molecular complexity index is 916. The van der Waals surface area contributed by atoms with E-state index in [-0.39, 0.29) is 0 Å². The van der Waals surface area contributed by atoms with Crippen molar-refractivity contribution in [3.63, 3.8) is 0 Å². The van der Waals surface area contributed by atoms with Gasteiger partial charge in [-0.1, -0.05) is 0 Å². The van der Waals surface area contributed by atoms with Gasteiger partial charge in [-0.05, 0) is 73.6 Å². The van der Waals surface area contributed by atoms with Crippen molar-refractivity contribution in [3.05, 3.63) is 70.7 Å². The molecule has 1 aromatic heterocycles. The first kappa shape index (κ1) is 13.7. The molecule has 0 saturated carbocycles. The molecule has 2 atom stereocenters. The van der Waals surface area contributed by atoms with Crippen LogP contribution in [-0.2, 0) is 0 Å². The summed E-state index contributed by atoms with van der Waals surface area (Å²) in [5, 5.41) is 5.76. The molecule has 4 heteroatoms. The fraction of sp³-hybridized carbons (Fsp3) is 0.200. The van der Waals surface area contributed by atoms with Gasteiger partial charge in [0.1, 0.15) is 0 Å². The predicted molar refractivity (Wildman–Crippen MR) is 98.2 cm³/mol. The van der Waals surface area contributed by atoms with Crippen LogP contribution in [0.2, 0.25) is 0 Å².